The van der Waals surface area contributed by atoms with Gasteiger partial charge in [0.05, 0.1) is 5.60 Å². The lowest BCUT2D eigenvalue weighted by Gasteiger charge is -2.40. The molecule has 5 heteroatoms. The molecule has 1 aromatic carbocycles. The van der Waals surface area contributed by atoms with E-state index in [2.05, 4.69) is 0 Å². The van der Waals surface area contributed by atoms with Crippen LogP contribution in [0.5, 0.6) is 0 Å². The predicted molar refractivity (Wildman–Crippen MR) is 86.7 cm³/mol. The standard InChI is InChI=1S/C15H19Cl2NOS/c16-12-5-11(6-13(17)7-12)14(18)10-1-3-19-15(8-10)2-4-20-9-15/h5-7,10,14H,1-4,8-9,18H2. The summed E-state index contributed by atoms with van der Waals surface area (Å²) in [6, 6.07) is 5.60. The molecule has 2 nitrogen and oxygen atoms in total. The van der Waals surface area contributed by atoms with Gasteiger partial charge in [0.25, 0.3) is 0 Å². The molecule has 110 valence electrons. The molecule has 1 spiro atoms. The monoisotopic (exact) mass is 331 g/mol. The molecule has 3 atom stereocenters. The van der Waals surface area contributed by atoms with Crippen molar-refractivity contribution in [1.82, 2.24) is 0 Å². The highest BCUT2D eigenvalue weighted by Crippen LogP contribution is 2.43. The molecule has 0 saturated carbocycles. The zero-order chi connectivity index (χ0) is 14.2. The van der Waals surface area contributed by atoms with Crippen molar-refractivity contribution < 1.29 is 4.74 Å². The third-order valence-corrected chi connectivity index (χ3v) is 6.04. The number of hydrogen-bond donors (Lipinski definition) is 1. The Labute approximate surface area is 134 Å². The number of ether oxygens (including phenoxy) is 1. The minimum Gasteiger partial charge on any atom is -0.374 e. The van der Waals surface area contributed by atoms with Crippen molar-refractivity contribution in [3.8, 4) is 0 Å². The summed E-state index contributed by atoms with van der Waals surface area (Å²) in [6.07, 6.45) is 3.21. The highest BCUT2D eigenvalue weighted by atomic mass is 35.5. The molecule has 0 aliphatic carbocycles. The van der Waals surface area contributed by atoms with Crippen LogP contribution in [0.2, 0.25) is 10.0 Å². The van der Waals surface area contributed by atoms with Gasteiger partial charge in [-0.15, -0.1) is 0 Å². The molecule has 0 bridgehead atoms. The lowest BCUT2D eigenvalue weighted by Crippen LogP contribution is -2.42. The summed E-state index contributed by atoms with van der Waals surface area (Å²) in [4.78, 5) is 0. The van der Waals surface area contributed by atoms with Gasteiger partial charge in [0, 0.05) is 28.4 Å². The molecule has 0 aromatic heterocycles. The van der Waals surface area contributed by atoms with Crippen LogP contribution in [0.4, 0.5) is 0 Å². The SMILES string of the molecule is NC(c1cc(Cl)cc(Cl)c1)C1CCOC2(CCSC2)C1. The first-order valence-corrected chi connectivity index (χ1v) is 8.92. The van der Waals surface area contributed by atoms with Crippen LogP contribution in [-0.4, -0.2) is 23.7 Å². The van der Waals surface area contributed by atoms with Gasteiger partial charge in [-0.1, -0.05) is 23.2 Å². The second-order valence-corrected chi connectivity index (χ2v) is 7.79. The second-order valence-electron chi connectivity index (χ2n) is 5.82. The summed E-state index contributed by atoms with van der Waals surface area (Å²) in [7, 11) is 0. The van der Waals surface area contributed by atoms with Crippen LogP contribution in [0.1, 0.15) is 30.9 Å². The van der Waals surface area contributed by atoms with Gasteiger partial charge in [-0.3, -0.25) is 0 Å². The molecule has 3 rings (SSSR count). The van der Waals surface area contributed by atoms with Gasteiger partial charge in [0.2, 0.25) is 0 Å². The Balaban J connectivity index is 1.77. The van der Waals surface area contributed by atoms with Gasteiger partial charge in [-0.05, 0) is 54.7 Å². The number of benzene rings is 1. The van der Waals surface area contributed by atoms with E-state index in [-0.39, 0.29) is 11.6 Å². The van der Waals surface area contributed by atoms with Crippen LogP contribution in [-0.2, 0) is 4.74 Å². The van der Waals surface area contributed by atoms with Crippen molar-refractivity contribution in [3.63, 3.8) is 0 Å². The Bertz CT molecular complexity index is 471. The second kappa shape index (κ2) is 6.05. The first-order chi connectivity index (χ1) is 9.58. The fraction of sp³-hybridized carbons (Fsp3) is 0.600. The molecule has 3 unspecified atom stereocenters. The van der Waals surface area contributed by atoms with Crippen LogP contribution in [0, 0.1) is 5.92 Å². The van der Waals surface area contributed by atoms with Gasteiger partial charge in [0.15, 0.2) is 0 Å². The van der Waals surface area contributed by atoms with E-state index >= 15 is 0 Å². The fourth-order valence-corrected chi connectivity index (χ4v) is 5.20. The van der Waals surface area contributed by atoms with Crippen molar-refractivity contribution in [2.75, 3.05) is 18.1 Å². The van der Waals surface area contributed by atoms with Crippen molar-refractivity contribution >= 4 is 35.0 Å². The molecule has 2 aliphatic heterocycles. The maximum absolute atomic E-state index is 6.48. The first kappa shape index (κ1) is 15.0. The minimum atomic E-state index is -0.0161. The highest BCUT2D eigenvalue weighted by molar-refractivity contribution is 7.99. The Morgan fingerprint density at radius 2 is 2.05 bits per heavy atom. The summed E-state index contributed by atoms with van der Waals surface area (Å²) in [5.41, 5.74) is 7.58. The predicted octanol–water partition coefficient (Wildman–Crippen LogP) is 4.30. The average molecular weight is 332 g/mol. The number of rotatable bonds is 2. The van der Waals surface area contributed by atoms with Gasteiger partial charge in [-0.2, -0.15) is 11.8 Å². The van der Waals surface area contributed by atoms with E-state index in [0.717, 1.165) is 37.2 Å². The average Bonchev–Trinajstić information content (AvgIpc) is 2.85. The Hall–Kier alpha value is 0.0700. The molecular weight excluding hydrogens is 313 g/mol. The molecule has 20 heavy (non-hydrogen) atoms. The Morgan fingerprint density at radius 1 is 1.30 bits per heavy atom. The molecular formula is C15H19Cl2NOS. The van der Waals surface area contributed by atoms with Crippen LogP contribution in [0.3, 0.4) is 0 Å². The van der Waals surface area contributed by atoms with E-state index < -0.39 is 0 Å². The highest BCUT2D eigenvalue weighted by Gasteiger charge is 2.42. The van der Waals surface area contributed by atoms with Crippen molar-refractivity contribution in [2.24, 2.45) is 11.7 Å². The molecule has 2 aliphatic rings. The number of hydrogen-bond acceptors (Lipinski definition) is 3. The maximum atomic E-state index is 6.48. The van der Waals surface area contributed by atoms with Crippen molar-refractivity contribution in [3.05, 3.63) is 33.8 Å². The van der Waals surface area contributed by atoms with Crippen molar-refractivity contribution in [2.45, 2.75) is 30.9 Å². The largest absolute Gasteiger partial charge is 0.374 e. The zero-order valence-electron chi connectivity index (χ0n) is 11.3. The Morgan fingerprint density at radius 3 is 2.70 bits per heavy atom. The first-order valence-electron chi connectivity index (χ1n) is 7.01. The summed E-state index contributed by atoms with van der Waals surface area (Å²) in [5, 5.41) is 1.31. The quantitative estimate of drug-likeness (QED) is 0.877. The molecule has 2 N–H and O–H groups in total. The number of halogens is 2. The van der Waals surface area contributed by atoms with Crippen LogP contribution in [0.15, 0.2) is 18.2 Å². The summed E-state index contributed by atoms with van der Waals surface area (Å²) >= 11 is 14.2. The van der Waals surface area contributed by atoms with Gasteiger partial charge >= 0.3 is 0 Å². The summed E-state index contributed by atoms with van der Waals surface area (Å²) in [5.74, 6) is 2.74. The summed E-state index contributed by atoms with van der Waals surface area (Å²) < 4.78 is 6.06. The van der Waals surface area contributed by atoms with Gasteiger partial charge in [0.1, 0.15) is 0 Å². The maximum Gasteiger partial charge on any atom is 0.0783 e. The molecule has 0 amide bonds. The van der Waals surface area contributed by atoms with Crippen LogP contribution >= 0.6 is 35.0 Å². The number of thioether (sulfide) groups is 1. The van der Waals surface area contributed by atoms with E-state index in [9.17, 15) is 0 Å². The van der Waals surface area contributed by atoms with Crippen LogP contribution < -0.4 is 5.73 Å². The third-order valence-electron chi connectivity index (χ3n) is 4.38. The summed E-state index contributed by atoms with van der Waals surface area (Å²) in [6.45, 7) is 0.813. The van der Waals surface area contributed by atoms with Gasteiger partial charge < -0.3 is 10.5 Å². The minimum absolute atomic E-state index is 0.0161. The van der Waals surface area contributed by atoms with E-state index in [1.165, 1.54) is 5.75 Å². The molecule has 2 heterocycles. The third kappa shape index (κ3) is 3.12. The van der Waals surface area contributed by atoms with E-state index in [1.54, 1.807) is 6.07 Å². The fourth-order valence-electron chi connectivity index (χ4n) is 3.28. The smallest absolute Gasteiger partial charge is 0.0783 e. The Kier molecular flexibility index (Phi) is 4.54. The topological polar surface area (TPSA) is 35.2 Å². The normalized spacial score (nSPS) is 31.6. The molecule has 2 saturated heterocycles. The lowest BCUT2D eigenvalue weighted by atomic mass is 9.79. The van der Waals surface area contributed by atoms with E-state index in [4.69, 9.17) is 33.7 Å². The molecule has 2 fully saturated rings. The number of nitrogens with two attached hydrogens (primary N) is 1. The van der Waals surface area contributed by atoms with Crippen LogP contribution in [0.25, 0.3) is 0 Å². The molecule has 0 radical (unpaired) electrons. The molecule has 1 aromatic rings. The van der Waals surface area contributed by atoms with E-state index in [0.29, 0.717) is 16.0 Å². The van der Waals surface area contributed by atoms with E-state index in [1.807, 2.05) is 23.9 Å². The zero-order valence-corrected chi connectivity index (χ0v) is 13.6. The van der Waals surface area contributed by atoms with Gasteiger partial charge in [-0.25, -0.2) is 0 Å². The van der Waals surface area contributed by atoms with Crippen molar-refractivity contribution in [1.29, 1.82) is 0 Å². The lowest BCUT2D eigenvalue weighted by molar-refractivity contribution is -0.0834.